The van der Waals surface area contributed by atoms with Crippen LogP contribution in [-0.4, -0.2) is 30.2 Å². The van der Waals surface area contributed by atoms with Crippen LogP contribution in [0.15, 0.2) is 35.5 Å². The SMILES string of the molecule is COc1cccc([N+](=O)[O-])c1NS(=O)(=O)c1cnn(C(C)C)c1. The highest BCUT2D eigenvalue weighted by molar-refractivity contribution is 7.92. The van der Waals surface area contributed by atoms with Gasteiger partial charge in [-0.2, -0.15) is 5.10 Å². The van der Waals surface area contributed by atoms with Crippen molar-refractivity contribution in [2.75, 3.05) is 11.8 Å². The summed E-state index contributed by atoms with van der Waals surface area (Å²) >= 11 is 0. The molecule has 0 aliphatic heterocycles. The van der Waals surface area contributed by atoms with Gasteiger partial charge in [-0.05, 0) is 19.9 Å². The van der Waals surface area contributed by atoms with Gasteiger partial charge < -0.3 is 4.74 Å². The van der Waals surface area contributed by atoms with Crippen LogP contribution in [0.25, 0.3) is 0 Å². The highest BCUT2D eigenvalue weighted by Crippen LogP contribution is 2.35. The summed E-state index contributed by atoms with van der Waals surface area (Å²) in [6.07, 6.45) is 2.54. The number of nitro benzene ring substituents is 1. The van der Waals surface area contributed by atoms with E-state index in [2.05, 4.69) is 9.82 Å². The van der Waals surface area contributed by atoms with E-state index in [1.807, 2.05) is 13.8 Å². The molecule has 0 atom stereocenters. The maximum Gasteiger partial charge on any atom is 0.297 e. The third-order valence-corrected chi connectivity index (χ3v) is 4.38. The van der Waals surface area contributed by atoms with Crippen LogP contribution in [0.5, 0.6) is 5.75 Å². The molecule has 0 amide bonds. The number of aromatic nitrogens is 2. The van der Waals surface area contributed by atoms with E-state index in [1.165, 1.54) is 42.4 Å². The molecule has 1 aromatic carbocycles. The molecule has 1 N–H and O–H groups in total. The molecule has 0 fully saturated rings. The third kappa shape index (κ3) is 3.42. The van der Waals surface area contributed by atoms with Crippen LogP contribution in [0.2, 0.25) is 0 Å². The van der Waals surface area contributed by atoms with E-state index < -0.39 is 20.6 Å². The van der Waals surface area contributed by atoms with Gasteiger partial charge in [0.1, 0.15) is 10.6 Å². The third-order valence-electron chi connectivity index (χ3n) is 3.07. The Morgan fingerprint density at radius 2 is 2.09 bits per heavy atom. The summed E-state index contributed by atoms with van der Waals surface area (Å²) in [5.41, 5.74) is -0.624. The number of ether oxygens (including phenoxy) is 1. The number of sulfonamides is 1. The van der Waals surface area contributed by atoms with E-state index >= 15 is 0 Å². The molecule has 124 valence electrons. The van der Waals surface area contributed by atoms with Crippen LogP contribution in [0.3, 0.4) is 0 Å². The number of methoxy groups -OCH3 is 1. The molecule has 0 saturated heterocycles. The van der Waals surface area contributed by atoms with Crippen LogP contribution < -0.4 is 9.46 Å². The van der Waals surface area contributed by atoms with Gasteiger partial charge in [-0.1, -0.05) is 6.07 Å². The van der Waals surface area contributed by atoms with Crippen molar-refractivity contribution in [3.63, 3.8) is 0 Å². The first kappa shape index (κ1) is 16.7. The Labute approximate surface area is 133 Å². The maximum absolute atomic E-state index is 12.4. The van der Waals surface area contributed by atoms with Crippen LogP contribution in [-0.2, 0) is 10.0 Å². The summed E-state index contributed by atoms with van der Waals surface area (Å²) in [6, 6.07) is 4.02. The van der Waals surface area contributed by atoms with Gasteiger partial charge in [0.2, 0.25) is 0 Å². The molecule has 0 unspecified atom stereocenters. The Bertz CT molecular complexity index is 829. The van der Waals surface area contributed by atoms with Gasteiger partial charge in [0.25, 0.3) is 15.7 Å². The molecule has 0 radical (unpaired) electrons. The molecule has 1 aromatic heterocycles. The summed E-state index contributed by atoms with van der Waals surface area (Å²) in [4.78, 5) is 10.3. The smallest absolute Gasteiger partial charge is 0.297 e. The lowest BCUT2D eigenvalue weighted by atomic mass is 10.2. The van der Waals surface area contributed by atoms with Crippen molar-refractivity contribution in [2.24, 2.45) is 0 Å². The van der Waals surface area contributed by atoms with Gasteiger partial charge in [0.05, 0.1) is 18.2 Å². The fourth-order valence-electron chi connectivity index (χ4n) is 1.88. The lowest BCUT2D eigenvalue weighted by Gasteiger charge is -2.11. The van der Waals surface area contributed by atoms with Crippen molar-refractivity contribution in [2.45, 2.75) is 24.8 Å². The number of nitrogens with zero attached hydrogens (tertiary/aromatic N) is 3. The van der Waals surface area contributed by atoms with Gasteiger partial charge in [0, 0.05) is 18.3 Å². The minimum Gasteiger partial charge on any atom is -0.494 e. The van der Waals surface area contributed by atoms with Gasteiger partial charge in [-0.15, -0.1) is 0 Å². The molecule has 0 saturated carbocycles. The molecule has 10 heteroatoms. The molecule has 0 bridgehead atoms. The molecule has 1 heterocycles. The first-order valence-electron chi connectivity index (χ1n) is 6.64. The Hall–Kier alpha value is -2.62. The first-order chi connectivity index (χ1) is 10.8. The van der Waals surface area contributed by atoms with Crippen molar-refractivity contribution in [1.82, 2.24) is 9.78 Å². The Morgan fingerprint density at radius 1 is 1.39 bits per heavy atom. The number of rotatable bonds is 6. The molecular formula is C13H16N4O5S. The number of hydrogen-bond donors (Lipinski definition) is 1. The monoisotopic (exact) mass is 340 g/mol. The van der Waals surface area contributed by atoms with Crippen molar-refractivity contribution < 1.29 is 18.1 Å². The van der Waals surface area contributed by atoms with Crippen molar-refractivity contribution in [3.8, 4) is 5.75 Å². The maximum atomic E-state index is 12.4. The van der Waals surface area contributed by atoms with Crippen LogP contribution >= 0.6 is 0 Å². The molecule has 0 spiro atoms. The Balaban J connectivity index is 2.46. The fraction of sp³-hybridized carbons (Fsp3) is 0.308. The largest absolute Gasteiger partial charge is 0.494 e. The minimum absolute atomic E-state index is 0.0143. The summed E-state index contributed by atoms with van der Waals surface area (Å²) in [7, 11) is -2.73. The normalized spacial score (nSPS) is 11.5. The Kier molecular flexibility index (Phi) is 4.55. The summed E-state index contributed by atoms with van der Waals surface area (Å²) in [5.74, 6) is 0.0547. The molecule has 2 rings (SSSR count). The molecule has 9 nitrogen and oxygen atoms in total. The highest BCUT2D eigenvalue weighted by Gasteiger charge is 2.25. The van der Waals surface area contributed by atoms with Crippen LogP contribution in [0.4, 0.5) is 11.4 Å². The molecule has 0 aliphatic carbocycles. The quantitative estimate of drug-likeness (QED) is 0.636. The molecule has 2 aromatic rings. The predicted octanol–water partition coefficient (Wildman–Crippen LogP) is 2.18. The van der Waals surface area contributed by atoms with E-state index in [9.17, 15) is 18.5 Å². The second-order valence-electron chi connectivity index (χ2n) is 4.97. The van der Waals surface area contributed by atoms with Gasteiger partial charge in [0.15, 0.2) is 5.69 Å². The summed E-state index contributed by atoms with van der Waals surface area (Å²) in [5, 5.41) is 15.1. The standard InChI is InChI=1S/C13H16N4O5S/c1-9(2)16-8-10(7-14-16)23(20,21)15-13-11(17(18)19)5-4-6-12(13)22-3/h4-9,15H,1-3H3. The topological polar surface area (TPSA) is 116 Å². The summed E-state index contributed by atoms with van der Waals surface area (Å²) in [6.45, 7) is 3.70. The van der Waals surface area contributed by atoms with Gasteiger partial charge in [-0.3, -0.25) is 19.5 Å². The van der Waals surface area contributed by atoms with Crippen molar-refractivity contribution in [1.29, 1.82) is 0 Å². The fourth-order valence-corrected chi connectivity index (χ4v) is 2.90. The minimum atomic E-state index is -4.03. The highest BCUT2D eigenvalue weighted by atomic mass is 32.2. The lowest BCUT2D eigenvalue weighted by molar-refractivity contribution is -0.383. The van der Waals surface area contributed by atoms with E-state index in [-0.39, 0.29) is 22.4 Å². The lowest BCUT2D eigenvalue weighted by Crippen LogP contribution is -2.14. The van der Waals surface area contributed by atoms with Gasteiger partial charge >= 0.3 is 0 Å². The molecule has 0 aliphatic rings. The second kappa shape index (κ2) is 6.24. The van der Waals surface area contributed by atoms with Gasteiger partial charge in [-0.25, -0.2) is 8.42 Å². The first-order valence-corrected chi connectivity index (χ1v) is 8.13. The van der Waals surface area contributed by atoms with E-state index in [0.717, 1.165) is 0 Å². The van der Waals surface area contributed by atoms with Crippen molar-refractivity contribution >= 4 is 21.4 Å². The number of nitro groups is 1. The zero-order valence-corrected chi connectivity index (χ0v) is 13.6. The van der Waals surface area contributed by atoms with E-state index in [4.69, 9.17) is 4.74 Å². The van der Waals surface area contributed by atoms with Crippen LogP contribution in [0, 0.1) is 10.1 Å². The zero-order chi connectivity index (χ0) is 17.2. The Morgan fingerprint density at radius 3 is 2.61 bits per heavy atom. The van der Waals surface area contributed by atoms with E-state index in [1.54, 1.807) is 0 Å². The summed E-state index contributed by atoms with van der Waals surface area (Å²) < 4.78 is 33.6. The average Bonchev–Trinajstić information content (AvgIpc) is 2.97. The number of anilines is 1. The number of hydrogen-bond acceptors (Lipinski definition) is 6. The number of nitrogens with one attached hydrogen (secondary N) is 1. The van der Waals surface area contributed by atoms with Crippen LogP contribution in [0.1, 0.15) is 19.9 Å². The van der Waals surface area contributed by atoms with E-state index in [0.29, 0.717) is 0 Å². The average molecular weight is 340 g/mol. The zero-order valence-electron chi connectivity index (χ0n) is 12.8. The number of para-hydroxylation sites is 1. The number of benzene rings is 1. The molecule has 23 heavy (non-hydrogen) atoms. The van der Waals surface area contributed by atoms with Crippen molar-refractivity contribution in [3.05, 3.63) is 40.7 Å². The second-order valence-corrected chi connectivity index (χ2v) is 6.65. The predicted molar refractivity (Wildman–Crippen MR) is 83.1 cm³/mol. The molecular weight excluding hydrogens is 324 g/mol.